The first-order valence-electron chi connectivity index (χ1n) is 10.8. The first kappa shape index (κ1) is 23.9. The average Bonchev–Trinajstić information content (AvgIpc) is 2.77. The molecule has 1 aliphatic rings. The van der Waals surface area contributed by atoms with Crippen molar-refractivity contribution in [3.8, 4) is 0 Å². The molecule has 0 radical (unpaired) electrons. The third kappa shape index (κ3) is 5.71. The molecule has 0 aliphatic heterocycles. The van der Waals surface area contributed by atoms with Crippen molar-refractivity contribution in [2.75, 3.05) is 30.9 Å². The van der Waals surface area contributed by atoms with E-state index >= 15 is 0 Å². The van der Waals surface area contributed by atoms with Crippen LogP contribution in [-0.2, 0) is 6.54 Å². The van der Waals surface area contributed by atoms with Crippen LogP contribution < -0.4 is 15.5 Å². The smallest absolute Gasteiger partial charge is 0.225 e. The van der Waals surface area contributed by atoms with Gasteiger partial charge in [-0.25, -0.2) is 13.8 Å². The highest BCUT2D eigenvalue weighted by atomic mass is 19.2. The van der Waals surface area contributed by atoms with Gasteiger partial charge < -0.3 is 15.5 Å². The molecule has 172 valence electrons. The third-order valence-electron chi connectivity index (χ3n) is 5.93. The molecule has 5 nitrogen and oxygen atoms in total. The molecule has 1 fully saturated rings. The van der Waals surface area contributed by atoms with Crippen molar-refractivity contribution >= 4 is 22.7 Å². The molecule has 1 aromatic heterocycles. The molecule has 0 bridgehead atoms. The minimum absolute atomic E-state index is 0. The molecule has 7 heteroatoms. The van der Waals surface area contributed by atoms with E-state index in [4.69, 9.17) is 9.97 Å². The monoisotopic (exact) mass is 441 g/mol. The van der Waals surface area contributed by atoms with Gasteiger partial charge >= 0.3 is 0 Å². The standard InChI is InChI=1S/C24H29F2N5.CH4/c1-31(2)23-19-5-3-4-6-22(19)29-24(30-23)28-18-10-7-16(8-11-18)14-27-15-17-9-12-20(25)21(26)13-17;/h3-6,9,12-13,16,18,27H,7-8,10-11,14-15H2,1-2H3,(H,28,29,30);1H4. The molecule has 1 heterocycles. The van der Waals surface area contributed by atoms with Crippen LogP contribution in [0.1, 0.15) is 38.7 Å². The lowest BCUT2D eigenvalue weighted by molar-refractivity contribution is 0.323. The van der Waals surface area contributed by atoms with Crippen molar-refractivity contribution in [1.29, 1.82) is 0 Å². The van der Waals surface area contributed by atoms with E-state index in [1.54, 1.807) is 6.07 Å². The number of nitrogens with one attached hydrogen (secondary N) is 2. The molecule has 2 N–H and O–H groups in total. The van der Waals surface area contributed by atoms with Gasteiger partial charge in [-0.05, 0) is 68.0 Å². The lowest BCUT2D eigenvalue weighted by atomic mass is 9.86. The minimum atomic E-state index is -0.803. The average molecular weight is 442 g/mol. The topological polar surface area (TPSA) is 53.1 Å². The normalized spacial score (nSPS) is 18.2. The maximum Gasteiger partial charge on any atom is 0.225 e. The fourth-order valence-electron chi connectivity index (χ4n) is 4.23. The quantitative estimate of drug-likeness (QED) is 0.516. The number of halogens is 2. The van der Waals surface area contributed by atoms with Crippen molar-refractivity contribution in [1.82, 2.24) is 15.3 Å². The van der Waals surface area contributed by atoms with Crippen LogP contribution in [-0.4, -0.2) is 36.6 Å². The molecule has 3 aromatic rings. The van der Waals surface area contributed by atoms with Gasteiger partial charge in [0.25, 0.3) is 0 Å². The number of rotatable bonds is 7. The predicted octanol–water partition coefficient (Wildman–Crippen LogP) is 5.37. The summed E-state index contributed by atoms with van der Waals surface area (Å²) >= 11 is 0. The van der Waals surface area contributed by atoms with Crippen LogP contribution in [0.15, 0.2) is 42.5 Å². The molecule has 0 amide bonds. The molecule has 1 aliphatic carbocycles. The van der Waals surface area contributed by atoms with Crippen molar-refractivity contribution in [2.24, 2.45) is 5.92 Å². The second kappa shape index (κ2) is 10.7. The van der Waals surface area contributed by atoms with Crippen LogP contribution in [0.5, 0.6) is 0 Å². The van der Waals surface area contributed by atoms with Crippen LogP contribution in [0.25, 0.3) is 10.9 Å². The predicted molar refractivity (Wildman–Crippen MR) is 128 cm³/mol. The van der Waals surface area contributed by atoms with E-state index < -0.39 is 11.6 Å². The van der Waals surface area contributed by atoms with Gasteiger partial charge in [0.2, 0.25) is 5.95 Å². The highest BCUT2D eigenvalue weighted by molar-refractivity contribution is 5.90. The van der Waals surface area contributed by atoms with Crippen LogP contribution in [0.2, 0.25) is 0 Å². The summed E-state index contributed by atoms with van der Waals surface area (Å²) in [7, 11) is 3.99. The zero-order chi connectivity index (χ0) is 21.8. The Morgan fingerprint density at radius 3 is 2.44 bits per heavy atom. The summed E-state index contributed by atoms with van der Waals surface area (Å²) in [6.45, 7) is 1.43. The maximum absolute atomic E-state index is 13.3. The number of nitrogens with zero attached hydrogens (tertiary/aromatic N) is 3. The molecule has 1 saturated carbocycles. The summed E-state index contributed by atoms with van der Waals surface area (Å²) in [6.07, 6.45) is 4.34. The largest absolute Gasteiger partial charge is 0.362 e. The Kier molecular flexibility index (Phi) is 7.96. The molecule has 0 atom stereocenters. The Bertz CT molecular complexity index is 1030. The summed E-state index contributed by atoms with van der Waals surface area (Å²) in [4.78, 5) is 11.5. The van der Waals surface area contributed by atoms with E-state index in [0.29, 0.717) is 24.5 Å². The van der Waals surface area contributed by atoms with Crippen LogP contribution in [0.4, 0.5) is 20.5 Å². The highest BCUT2D eigenvalue weighted by Crippen LogP contribution is 2.28. The Morgan fingerprint density at radius 1 is 0.969 bits per heavy atom. The number of hydrogen-bond donors (Lipinski definition) is 2. The zero-order valence-corrected chi connectivity index (χ0v) is 18.0. The van der Waals surface area contributed by atoms with E-state index in [0.717, 1.165) is 54.5 Å². The Balaban J connectivity index is 0.00000289. The van der Waals surface area contributed by atoms with Crippen LogP contribution in [0.3, 0.4) is 0 Å². The van der Waals surface area contributed by atoms with Gasteiger partial charge in [0.05, 0.1) is 5.52 Å². The van der Waals surface area contributed by atoms with E-state index in [2.05, 4.69) is 10.6 Å². The number of anilines is 2. The second-order valence-electron chi connectivity index (χ2n) is 8.52. The van der Waals surface area contributed by atoms with Crippen LogP contribution in [0, 0.1) is 17.6 Å². The number of benzene rings is 2. The number of fused-ring (bicyclic) bond motifs is 1. The SMILES string of the molecule is C.CN(C)c1nc(NC2CCC(CNCc3ccc(F)c(F)c3)CC2)nc2ccccc12. The Morgan fingerprint density at radius 2 is 1.72 bits per heavy atom. The first-order valence-corrected chi connectivity index (χ1v) is 10.8. The third-order valence-corrected chi connectivity index (χ3v) is 5.93. The molecule has 2 aromatic carbocycles. The molecular formula is C25H33F2N5. The first-order chi connectivity index (χ1) is 15.0. The molecule has 0 unspecified atom stereocenters. The fourth-order valence-corrected chi connectivity index (χ4v) is 4.23. The molecule has 32 heavy (non-hydrogen) atoms. The summed E-state index contributed by atoms with van der Waals surface area (Å²) < 4.78 is 26.3. The van der Waals surface area contributed by atoms with Gasteiger partial charge in [-0.2, -0.15) is 4.98 Å². The van der Waals surface area contributed by atoms with Gasteiger partial charge in [-0.1, -0.05) is 25.6 Å². The highest BCUT2D eigenvalue weighted by Gasteiger charge is 2.22. The fraction of sp³-hybridized carbons (Fsp3) is 0.440. The van der Waals surface area contributed by atoms with E-state index in [1.807, 2.05) is 43.3 Å². The maximum atomic E-state index is 13.3. The van der Waals surface area contributed by atoms with Crippen molar-refractivity contribution in [3.63, 3.8) is 0 Å². The lowest BCUT2D eigenvalue weighted by Gasteiger charge is -2.29. The minimum Gasteiger partial charge on any atom is -0.362 e. The number of aromatic nitrogens is 2. The Labute approximate surface area is 189 Å². The molecular weight excluding hydrogens is 408 g/mol. The van der Waals surface area contributed by atoms with Gasteiger partial charge in [0, 0.05) is 32.1 Å². The van der Waals surface area contributed by atoms with Crippen molar-refractivity contribution in [3.05, 3.63) is 59.7 Å². The van der Waals surface area contributed by atoms with Crippen molar-refractivity contribution < 1.29 is 8.78 Å². The van der Waals surface area contributed by atoms with Gasteiger partial charge in [0.15, 0.2) is 11.6 Å². The number of hydrogen-bond acceptors (Lipinski definition) is 5. The van der Waals surface area contributed by atoms with E-state index in [-0.39, 0.29) is 7.43 Å². The lowest BCUT2D eigenvalue weighted by Crippen LogP contribution is -2.31. The van der Waals surface area contributed by atoms with Crippen molar-refractivity contribution in [2.45, 2.75) is 45.7 Å². The summed E-state index contributed by atoms with van der Waals surface area (Å²) in [6, 6.07) is 12.5. The Hall–Kier alpha value is -2.80. The van der Waals surface area contributed by atoms with Crippen LogP contribution >= 0.6 is 0 Å². The molecule has 4 rings (SSSR count). The van der Waals surface area contributed by atoms with E-state index in [9.17, 15) is 8.78 Å². The van der Waals surface area contributed by atoms with Gasteiger partial charge in [-0.3, -0.25) is 0 Å². The summed E-state index contributed by atoms with van der Waals surface area (Å²) in [5.41, 5.74) is 1.71. The van der Waals surface area contributed by atoms with Gasteiger partial charge in [0.1, 0.15) is 5.82 Å². The van der Waals surface area contributed by atoms with E-state index in [1.165, 1.54) is 12.1 Å². The summed E-state index contributed by atoms with van der Waals surface area (Å²) in [5, 5.41) is 7.97. The second-order valence-corrected chi connectivity index (χ2v) is 8.52. The summed E-state index contributed by atoms with van der Waals surface area (Å²) in [5.74, 6) is 0.589. The van der Waals surface area contributed by atoms with Gasteiger partial charge in [-0.15, -0.1) is 0 Å². The number of para-hydroxylation sites is 1. The zero-order valence-electron chi connectivity index (χ0n) is 18.0. The molecule has 0 saturated heterocycles. The molecule has 0 spiro atoms.